The number of H-pyrrole nitrogens is 1. The number of hydrogen-bond acceptors (Lipinski definition) is 8. The Labute approximate surface area is 229 Å². The number of methoxy groups -OCH3 is 1. The molecule has 10 heteroatoms. The Bertz CT molecular complexity index is 1060. The first-order valence-corrected chi connectivity index (χ1v) is 14.6. The number of imidazole rings is 1. The number of esters is 1. The Morgan fingerprint density at radius 1 is 1.29 bits per heavy atom. The van der Waals surface area contributed by atoms with Crippen LogP contribution in [0.25, 0.3) is 0 Å². The largest absolute Gasteiger partial charge is 0.467 e. The first-order valence-electron chi connectivity index (χ1n) is 13.3. The third-order valence-corrected chi connectivity index (χ3v) is 8.19. The Balaban J connectivity index is 1.94. The Hall–Kier alpha value is -2.69. The van der Waals surface area contributed by atoms with Crippen molar-refractivity contribution in [3.8, 4) is 0 Å². The zero-order chi connectivity index (χ0) is 27.7. The van der Waals surface area contributed by atoms with Crippen LogP contribution in [0.1, 0.15) is 49.9 Å². The fourth-order valence-electron chi connectivity index (χ4n) is 5.00. The predicted octanol–water partition coefficient (Wildman–Crippen LogP) is 2.49. The van der Waals surface area contributed by atoms with E-state index in [1.54, 1.807) is 24.3 Å². The van der Waals surface area contributed by atoms with Crippen LogP contribution in [0, 0.1) is 5.92 Å². The summed E-state index contributed by atoms with van der Waals surface area (Å²) in [5, 5.41) is 2.93. The van der Waals surface area contributed by atoms with Gasteiger partial charge >= 0.3 is 5.97 Å². The lowest BCUT2D eigenvalue weighted by Crippen LogP contribution is -2.63. The number of nitrogens with two attached hydrogens (primary N) is 1. The number of carbonyl (C=O) groups excluding carboxylic acids is 3. The van der Waals surface area contributed by atoms with E-state index in [4.69, 9.17) is 10.5 Å². The van der Waals surface area contributed by atoms with Crippen LogP contribution in [-0.4, -0.2) is 75.8 Å². The van der Waals surface area contributed by atoms with Gasteiger partial charge in [-0.25, -0.2) is 9.78 Å². The minimum Gasteiger partial charge on any atom is -0.467 e. The SMILES string of the molecule is CC[C@H](C)[C@H](N)C(C(=O)CCc1cnc[nH]1)N1Cc2ccccc2C[C@H]1C(=O)NC(CCSC)C(=O)OC. The summed E-state index contributed by atoms with van der Waals surface area (Å²) in [6, 6.07) is 5.46. The molecule has 2 aromatic rings. The number of nitrogens with one attached hydrogen (secondary N) is 2. The van der Waals surface area contributed by atoms with Crippen molar-refractivity contribution in [3.05, 3.63) is 53.6 Å². The van der Waals surface area contributed by atoms with Crippen molar-refractivity contribution < 1.29 is 19.1 Å². The van der Waals surface area contributed by atoms with E-state index in [0.29, 0.717) is 31.6 Å². The van der Waals surface area contributed by atoms with E-state index in [2.05, 4.69) is 22.2 Å². The standard InChI is InChI=1S/C28H41N5O4S/c1-5-18(2)25(29)26(24(34)11-10-21-15-30-17-31-21)33-16-20-9-7-6-8-19(20)14-23(33)27(35)32-22(12-13-38-4)28(36)37-3/h6-9,15,17-18,22-23,25-26H,5,10-14,16,29H2,1-4H3,(H,30,31)(H,32,35)/t18-,22?,23-,25-,26?/m0/s1. The van der Waals surface area contributed by atoms with Crippen LogP contribution in [-0.2, 0) is 38.5 Å². The fraction of sp³-hybridized carbons (Fsp3) is 0.571. The summed E-state index contributed by atoms with van der Waals surface area (Å²) in [7, 11) is 1.32. The molecule has 0 spiro atoms. The molecule has 38 heavy (non-hydrogen) atoms. The van der Waals surface area contributed by atoms with Crippen LogP contribution in [0.4, 0.5) is 0 Å². The lowest BCUT2D eigenvalue weighted by molar-refractivity contribution is -0.146. The molecule has 1 aliphatic rings. The molecule has 0 aliphatic carbocycles. The molecular formula is C28H41N5O4S. The number of aromatic nitrogens is 2. The van der Waals surface area contributed by atoms with Crippen molar-refractivity contribution in [3.63, 3.8) is 0 Å². The molecule has 1 amide bonds. The van der Waals surface area contributed by atoms with E-state index in [1.807, 2.05) is 42.3 Å². The Kier molecular flexibility index (Phi) is 11.4. The summed E-state index contributed by atoms with van der Waals surface area (Å²) in [4.78, 5) is 49.2. The number of hydrogen-bond donors (Lipinski definition) is 3. The van der Waals surface area contributed by atoms with Gasteiger partial charge in [0, 0.05) is 30.9 Å². The van der Waals surface area contributed by atoms with Crippen molar-refractivity contribution in [2.75, 3.05) is 19.1 Å². The quantitative estimate of drug-likeness (QED) is 0.310. The van der Waals surface area contributed by atoms with E-state index in [9.17, 15) is 14.4 Å². The van der Waals surface area contributed by atoms with Crippen LogP contribution in [0.3, 0.4) is 0 Å². The van der Waals surface area contributed by atoms with Crippen LogP contribution in [0.5, 0.6) is 0 Å². The van der Waals surface area contributed by atoms with Gasteiger partial charge in [0.25, 0.3) is 0 Å². The molecule has 3 rings (SSSR count). The molecule has 1 aromatic heterocycles. The maximum absolute atomic E-state index is 13.8. The van der Waals surface area contributed by atoms with Crippen LogP contribution in [0.15, 0.2) is 36.8 Å². The third kappa shape index (κ3) is 7.45. The second kappa shape index (κ2) is 14.5. The highest BCUT2D eigenvalue weighted by Gasteiger charge is 2.42. The number of aryl methyl sites for hydroxylation is 1. The van der Waals surface area contributed by atoms with Gasteiger partial charge in [-0.05, 0) is 48.3 Å². The first-order chi connectivity index (χ1) is 18.3. The number of aromatic amines is 1. The zero-order valence-electron chi connectivity index (χ0n) is 22.8. The number of carbonyl (C=O) groups is 3. The van der Waals surface area contributed by atoms with Gasteiger partial charge in [0.15, 0.2) is 5.78 Å². The maximum atomic E-state index is 13.8. The number of benzene rings is 1. The second-order valence-electron chi connectivity index (χ2n) is 9.98. The van der Waals surface area contributed by atoms with Gasteiger partial charge in [-0.1, -0.05) is 44.5 Å². The van der Waals surface area contributed by atoms with Crippen LogP contribution < -0.4 is 11.1 Å². The summed E-state index contributed by atoms with van der Waals surface area (Å²) in [6.07, 6.45) is 7.76. The van der Waals surface area contributed by atoms with Gasteiger partial charge in [0.2, 0.25) is 5.91 Å². The fourth-order valence-corrected chi connectivity index (χ4v) is 5.48. The maximum Gasteiger partial charge on any atom is 0.328 e. The highest BCUT2D eigenvalue weighted by Crippen LogP contribution is 2.29. The lowest BCUT2D eigenvalue weighted by atomic mass is 9.84. The summed E-state index contributed by atoms with van der Waals surface area (Å²) in [5.41, 5.74) is 9.79. The lowest BCUT2D eigenvalue weighted by Gasteiger charge is -2.44. The minimum atomic E-state index is -0.753. The van der Waals surface area contributed by atoms with Crippen LogP contribution in [0.2, 0.25) is 0 Å². The smallest absolute Gasteiger partial charge is 0.328 e. The highest BCUT2D eigenvalue weighted by atomic mass is 32.2. The average molecular weight is 544 g/mol. The van der Waals surface area contributed by atoms with Gasteiger partial charge in [0.05, 0.1) is 25.5 Å². The molecule has 4 N–H and O–H groups in total. The van der Waals surface area contributed by atoms with Gasteiger partial charge < -0.3 is 20.8 Å². The number of Topliss-reactive ketones (excluding diaryl/α,β-unsaturated/α-hetero) is 1. The molecule has 9 nitrogen and oxygen atoms in total. The minimum absolute atomic E-state index is 0.00326. The van der Waals surface area contributed by atoms with Crippen molar-refractivity contribution in [1.29, 1.82) is 0 Å². The molecule has 0 saturated carbocycles. The molecule has 1 aliphatic heterocycles. The van der Waals surface area contributed by atoms with Crippen molar-refractivity contribution in [2.45, 2.75) is 76.7 Å². The van der Waals surface area contributed by atoms with Crippen molar-refractivity contribution in [1.82, 2.24) is 20.2 Å². The predicted molar refractivity (Wildman–Crippen MR) is 150 cm³/mol. The molecular weight excluding hydrogens is 502 g/mol. The number of ketones is 1. The molecule has 0 fully saturated rings. The van der Waals surface area contributed by atoms with Gasteiger partial charge in [-0.2, -0.15) is 11.8 Å². The second-order valence-corrected chi connectivity index (χ2v) is 11.0. The third-order valence-electron chi connectivity index (χ3n) is 7.55. The first kappa shape index (κ1) is 29.9. The Morgan fingerprint density at radius 2 is 2.03 bits per heavy atom. The van der Waals surface area contributed by atoms with Gasteiger partial charge in [-0.3, -0.25) is 14.5 Å². The van der Waals surface area contributed by atoms with E-state index >= 15 is 0 Å². The summed E-state index contributed by atoms with van der Waals surface area (Å²) >= 11 is 1.60. The van der Waals surface area contributed by atoms with E-state index < -0.39 is 30.1 Å². The molecule has 2 heterocycles. The number of nitrogens with zero attached hydrogens (tertiary/aromatic N) is 2. The van der Waals surface area contributed by atoms with E-state index in [1.165, 1.54) is 7.11 Å². The number of ether oxygens (including phenoxy) is 1. The highest BCUT2D eigenvalue weighted by molar-refractivity contribution is 7.98. The number of amides is 1. The van der Waals surface area contributed by atoms with E-state index in [0.717, 1.165) is 23.2 Å². The number of rotatable bonds is 14. The number of thioether (sulfide) groups is 1. The topological polar surface area (TPSA) is 130 Å². The number of fused-ring (bicyclic) bond motifs is 1. The summed E-state index contributed by atoms with van der Waals surface area (Å²) < 4.78 is 4.96. The zero-order valence-corrected chi connectivity index (χ0v) is 23.6. The van der Waals surface area contributed by atoms with Gasteiger partial charge in [0.1, 0.15) is 6.04 Å². The molecule has 0 bridgehead atoms. The molecule has 1 aromatic carbocycles. The monoisotopic (exact) mass is 543 g/mol. The van der Waals surface area contributed by atoms with Crippen molar-refractivity contribution >= 4 is 29.4 Å². The van der Waals surface area contributed by atoms with Crippen LogP contribution >= 0.6 is 11.8 Å². The van der Waals surface area contributed by atoms with Gasteiger partial charge in [-0.15, -0.1) is 0 Å². The summed E-state index contributed by atoms with van der Waals surface area (Å²) in [6.45, 7) is 4.52. The van der Waals surface area contributed by atoms with Crippen molar-refractivity contribution in [2.24, 2.45) is 11.7 Å². The Morgan fingerprint density at radius 3 is 2.66 bits per heavy atom. The molecule has 0 saturated heterocycles. The molecule has 5 atom stereocenters. The molecule has 208 valence electrons. The van der Waals surface area contributed by atoms with E-state index in [-0.39, 0.29) is 24.0 Å². The molecule has 2 unspecified atom stereocenters. The normalized spacial score (nSPS) is 18.6. The average Bonchev–Trinajstić information content (AvgIpc) is 3.46. The summed E-state index contributed by atoms with van der Waals surface area (Å²) in [5.74, 6) is 0.000416. The molecule has 0 radical (unpaired) electrons.